The summed E-state index contributed by atoms with van der Waals surface area (Å²) in [6, 6.07) is 8.97. The quantitative estimate of drug-likeness (QED) is 0.626. The second-order valence-corrected chi connectivity index (χ2v) is 7.55. The summed E-state index contributed by atoms with van der Waals surface area (Å²) in [5.41, 5.74) is 5.21. The van der Waals surface area contributed by atoms with Gasteiger partial charge in [-0.25, -0.2) is 13.8 Å². The van der Waals surface area contributed by atoms with E-state index >= 15 is 0 Å². The first kappa shape index (κ1) is 18.6. The van der Waals surface area contributed by atoms with E-state index in [2.05, 4.69) is 15.5 Å². The van der Waals surface area contributed by atoms with E-state index in [0.29, 0.717) is 5.69 Å². The van der Waals surface area contributed by atoms with Gasteiger partial charge in [0.25, 0.3) is 5.91 Å². The Labute approximate surface area is 147 Å². The van der Waals surface area contributed by atoms with Crippen LogP contribution in [0.1, 0.15) is 16.7 Å². The first-order valence-corrected chi connectivity index (χ1v) is 9.39. The lowest BCUT2D eigenvalue weighted by atomic mass is 10.1. The summed E-state index contributed by atoms with van der Waals surface area (Å²) >= 11 is 0. The van der Waals surface area contributed by atoms with E-state index in [-0.39, 0.29) is 6.54 Å². The molecule has 0 fully saturated rings. The molecular formula is C17H20N4O3S. The number of benzene rings is 1. The minimum absolute atomic E-state index is 0.354. The van der Waals surface area contributed by atoms with Crippen LogP contribution in [0.2, 0.25) is 0 Å². The van der Waals surface area contributed by atoms with Gasteiger partial charge in [0.15, 0.2) is 0 Å². The van der Waals surface area contributed by atoms with Gasteiger partial charge >= 0.3 is 0 Å². The van der Waals surface area contributed by atoms with Crippen molar-refractivity contribution in [2.75, 3.05) is 17.1 Å². The third-order valence-electron chi connectivity index (χ3n) is 3.41. The Morgan fingerprint density at radius 2 is 2.08 bits per heavy atom. The van der Waals surface area contributed by atoms with Crippen LogP contribution in [-0.2, 0) is 14.8 Å². The molecule has 1 N–H and O–H groups in total. The lowest BCUT2D eigenvalue weighted by Gasteiger charge is -2.23. The van der Waals surface area contributed by atoms with Gasteiger partial charge in [-0.15, -0.1) is 0 Å². The lowest BCUT2D eigenvalue weighted by Crippen LogP contribution is -2.39. The van der Waals surface area contributed by atoms with Crippen LogP contribution in [-0.4, -0.2) is 38.3 Å². The average molecular weight is 360 g/mol. The Balaban J connectivity index is 2.14. The van der Waals surface area contributed by atoms with Crippen molar-refractivity contribution in [3.63, 3.8) is 0 Å². The Hall–Kier alpha value is -2.74. The SMILES string of the molecule is Cc1ccc(C)c(N(CC(=O)N/N=C\c2cccnc2)S(C)(=O)=O)c1. The van der Waals surface area contributed by atoms with Crippen molar-refractivity contribution < 1.29 is 13.2 Å². The number of hydrogen-bond acceptors (Lipinski definition) is 5. The third-order valence-corrected chi connectivity index (χ3v) is 4.53. The van der Waals surface area contributed by atoms with E-state index in [9.17, 15) is 13.2 Å². The van der Waals surface area contributed by atoms with Crippen molar-refractivity contribution in [2.45, 2.75) is 13.8 Å². The highest BCUT2D eigenvalue weighted by Gasteiger charge is 2.22. The minimum atomic E-state index is -3.62. The first-order valence-electron chi connectivity index (χ1n) is 7.54. The first-order chi connectivity index (χ1) is 11.8. The van der Waals surface area contributed by atoms with Gasteiger partial charge in [0.2, 0.25) is 10.0 Å². The largest absolute Gasteiger partial charge is 0.271 e. The zero-order valence-electron chi connectivity index (χ0n) is 14.3. The number of hydrogen-bond donors (Lipinski definition) is 1. The number of nitrogens with one attached hydrogen (secondary N) is 1. The molecule has 1 aromatic carbocycles. The number of amides is 1. The Bertz CT molecular complexity index is 880. The molecule has 1 aromatic heterocycles. The molecule has 0 aliphatic heterocycles. The summed E-state index contributed by atoms with van der Waals surface area (Å²) < 4.78 is 25.3. The van der Waals surface area contributed by atoms with E-state index in [0.717, 1.165) is 27.3 Å². The molecule has 0 saturated carbocycles. The molecule has 25 heavy (non-hydrogen) atoms. The molecule has 1 amide bonds. The molecule has 0 aliphatic rings. The van der Waals surface area contributed by atoms with E-state index in [1.807, 2.05) is 19.1 Å². The number of pyridine rings is 1. The summed E-state index contributed by atoms with van der Waals surface area (Å²) in [6.45, 7) is 3.31. The number of carbonyl (C=O) groups is 1. The monoisotopic (exact) mass is 360 g/mol. The van der Waals surface area contributed by atoms with Crippen LogP contribution < -0.4 is 9.73 Å². The van der Waals surface area contributed by atoms with Gasteiger partial charge in [0.1, 0.15) is 6.54 Å². The summed E-state index contributed by atoms with van der Waals surface area (Å²) in [7, 11) is -3.62. The number of hydrazone groups is 1. The van der Waals surface area contributed by atoms with Crippen molar-refractivity contribution >= 4 is 27.8 Å². The molecule has 7 nitrogen and oxygen atoms in total. The Kier molecular flexibility index (Phi) is 5.87. The van der Waals surface area contributed by atoms with Crippen molar-refractivity contribution in [1.82, 2.24) is 10.4 Å². The van der Waals surface area contributed by atoms with Crippen LogP contribution in [0, 0.1) is 13.8 Å². The Morgan fingerprint density at radius 1 is 1.32 bits per heavy atom. The second kappa shape index (κ2) is 7.89. The van der Waals surface area contributed by atoms with E-state index in [1.165, 1.54) is 6.21 Å². The molecule has 0 saturated heterocycles. The standard InChI is InChI=1S/C17H20N4O3S/c1-13-6-7-14(2)16(9-13)21(25(3,23)24)12-17(22)20-19-11-15-5-4-8-18-10-15/h4-11H,12H2,1-3H3,(H,20,22)/b19-11-. The highest BCUT2D eigenvalue weighted by atomic mass is 32.2. The van der Waals surface area contributed by atoms with Crippen molar-refractivity contribution in [2.24, 2.45) is 5.10 Å². The molecule has 8 heteroatoms. The number of aromatic nitrogens is 1. The molecular weight excluding hydrogens is 340 g/mol. The van der Waals surface area contributed by atoms with Gasteiger partial charge in [0, 0.05) is 18.0 Å². The van der Waals surface area contributed by atoms with Crippen LogP contribution in [0.3, 0.4) is 0 Å². The van der Waals surface area contributed by atoms with E-state index in [1.54, 1.807) is 37.5 Å². The van der Waals surface area contributed by atoms with E-state index < -0.39 is 15.9 Å². The van der Waals surface area contributed by atoms with Crippen LogP contribution in [0.4, 0.5) is 5.69 Å². The maximum atomic E-state index is 12.1. The Morgan fingerprint density at radius 3 is 2.72 bits per heavy atom. The lowest BCUT2D eigenvalue weighted by molar-refractivity contribution is -0.119. The average Bonchev–Trinajstić information content (AvgIpc) is 2.55. The molecule has 132 valence electrons. The van der Waals surface area contributed by atoms with Gasteiger partial charge in [0.05, 0.1) is 18.2 Å². The van der Waals surface area contributed by atoms with Crippen LogP contribution in [0.5, 0.6) is 0 Å². The molecule has 0 bridgehead atoms. The number of nitrogens with zero attached hydrogens (tertiary/aromatic N) is 3. The highest BCUT2D eigenvalue weighted by molar-refractivity contribution is 7.92. The van der Waals surface area contributed by atoms with Crippen LogP contribution in [0.25, 0.3) is 0 Å². The maximum Gasteiger partial charge on any atom is 0.260 e. The number of carbonyl (C=O) groups excluding carboxylic acids is 1. The summed E-state index contributed by atoms with van der Waals surface area (Å²) in [6.07, 6.45) is 5.73. The van der Waals surface area contributed by atoms with Crippen LogP contribution >= 0.6 is 0 Å². The number of sulfonamides is 1. The molecule has 1 heterocycles. The van der Waals surface area contributed by atoms with Crippen molar-refractivity contribution in [3.8, 4) is 0 Å². The van der Waals surface area contributed by atoms with Gasteiger partial charge < -0.3 is 0 Å². The number of rotatable bonds is 6. The summed E-state index contributed by atoms with van der Waals surface area (Å²) in [4.78, 5) is 16.0. The van der Waals surface area contributed by atoms with Gasteiger partial charge in [-0.3, -0.25) is 14.1 Å². The highest BCUT2D eigenvalue weighted by Crippen LogP contribution is 2.23. The molecule has 2 rings (SSSR count). The molecule has 0 unspecified atom stereocenters. The molecule has 0 atom stereocenters. The minimum Gasteiger partial charge on any atom is -0.271 e. The fourth-order valence-corrected chi connectivity index (χ4v) is 3.07. The topological polar surface area (TPSA) is 91.7 Å². The van der Waals surface area contributed by atoms with Gasteiger partial charge in [-0.2, -0.15) is 5.10 Å². The fourth-order valence-electron chi connectivity index (χ4n) is 2.17. The van der Waals surface area contributed by atoms with Crippen LogP contribution in [0.15, 0.2) is 47.8 Å². The number of aryl methyl sites for hydroxylation is 2. The fraction of sp³-hybridized carbons (Fsp3) is 0.235. The normalized spacial score (nSPS) is 11.5. The predicted octanol–water partition coefficient (Wildman–Crippen LogP) is 1.61. The van der Waals surface area contributed by atoms with Crippen molar-refractivity contribution in [1.29, 1.82) is 0 Å². The second-order valence-electron chi connectivity index (χ2n) is 5.64. The smallest absolute Gasteiger partial charge is 0.260 e. The zero-order valence-corrected chi connectivity index (χ0v) is 15.1. The predicted molar refractivity (Wildman–Crippen MR) is 98.1 cm³/mol. The summed E-state index contributed by atoms with van der Waals surface area (Å²) in [5.74, 6) is -0.536. The third kappa shape index (κ3) is 5.39. The molecule has 0 spiro atoms. The summed E-state index contributed by atoms with van der Waals surface area (Å²) in [5, 5.41) is 3.82. The molecule has 0 radical (unpaired) electrons. The maximum absolute atomic E-state index is 12.1. The van der Waals surface area contributed by atoms with Crippen molar-refractivity contribution in [3.05, 3.63) is 59.4 Å². The molecule has 2 aromatic rings. The zero-order chi connectivity index (χ0) is 18.4. The van der Waals surface area contributed by atoms with Gasteiger partial charge in [-0.05, 0) is 37.1 Å². The van der Waals surface area contributed by atoms with Gasteiger partial charge in [-0.1, -0.05) is 18.2 Å². The molecule has 0 aliphatic carbocycles. The van der Waals surface area contributed by atoms with E-state index in [4.69, 9.17) is 0 Å². The number of anilines is 1.